The topological polar surface area (TPSA) is 76.1 Å². The van der Waals surface area contributed by atoms with Gasteiger partial charge in [-0.2, -0.15) is 0 Å². The quantitative estimate of drug-likeness (QED) is 0.123. The Hall–Kier alpha value is -14.2. The average Bonchev–Trinajstić information content (AvgIpc) is 1.52. The molecule has 9 heteroatoms. The zero-order valence-electron chi connectivity index (χ0n) is 63.9. The van der Waals surface area contributed by atoms with Gasteiger partial charge in [0.2, 0.25) is 0 Å². The van der Waals surface area contributed by atoms with Crippen molar-refractivity contribution in [3.05, 3.63) is 391 Å². The van der Waals surface area contributed by atoms with Crippen LogP contribution in [0.3, 0.4) is 0 Å². The summed E-state index contributed by atoms with van der Waals surface area (Å²) in [7, 11) is -1.44. The van der Waals surface area contributed by atoms with E-state index in [0.29, 0.717) is 5.46 Å². The summed E-state index contributed by atoms with van der Waals surface area (Å²) < 4.78 is 6.85. The third-order valence-corrected chi connectivity index (χ3v) is 26.0. The highest BCUT2D eigenvalue weighted by Gasteiger charge is 2.27. The van der Waals surface area contributed by atoms with E-state index >= 15 is 0 Å². The summed E-state index contributed by atoms with van der Waals surface area (Å²) >= 11 is 7.42. The maximum Gasteiger partial charge on any atom is 0.489 e. The van der Waals surface area contributed by atoms with Gasteiger partial charge in [0.25, 0.3) is 0 Å². The molecule has 0 atom stereocenters. The summed E-state index contributed by atoms with van der Waals surface area (Å²) in [6.07, 6.45) is 0. The van der Waals surface area contributed by atoms with Crippen LogP contribution in [0.5, 0.6) is 0 Å². The molecule has 562 valence electrons. The smallest absolute Gasteiger partial charge is 0.423 e. The van der Waals surface area contributed by atoms with Crippen molar-refractivity contribution in [3.8, 4) is 56.4 Å². The monoisotopic (exact) mass is 1660 g/mol. The highest BCUT2D eigenvalue weighted by molar-refractivity contribution is 9.10. The molecule has 120 heavy (non-hydrogen) atoms. The minimum atomic E-state index is -1.44. The number of imidazole rings is 2. The molecule has 2 N–H and O–H groups in total. The van der Waals surface area contributed by atoms with Crippen LogP contribution >= 0.6 is 31.9 Å². The van der Waals surface area contributed by atoms with Crippen molar-refractivity contribution in [2.75, 3.05) is 0 Å². The molecular formula is C111H69BBr2N4O2. The van der Waals surface area contributed by atoms with Gasteiger partial charge in [-0.1, -0.05) is 361 Å². The van der Waals surface area contributed by atoms with Gasteiger partial charge < -0.3 is 10.0 Å². The second kappa shape index (κ2) is 28.0. The van der Waals surface area contributed by atoms with Crippen LogP contribution in [0.1, 0.15) is 7.43 Å². The SMILES string of the molecule is Brc1ccc2c3ccc(Br)cc3c3c(nc(-c4cccc5ccccc45)n3-c3ccccc3)c2c1.C.OB(O)c1ccc2ccc3cccc4ccc1c2c34.c1ccc(-n2c(-c3cccc4ccccc34)nc3c4cc(-c5ccc6ccc7cccc8ccc5c6c78)ccc4c4ccc(-c5ccc6ccc7cccc8ccc5c6c78)cc4c32)cc1. The first kappa shape index (κ1) is 71.2. The number of nitrogens with zero attached hydrogens (tertiary/aromatic N) is 4. The number of hydrogen-bond donors (Lipinski definition) is 2. The Kier molecular flexibility index (Phi) is 16.6. The molecular weight excluding hydrogens is 1590 g/mol. The predicted molar refractivity (Wildman–Crippen MR) is 518 cm³/mol. The number of para-hydroxylation sites is 2. The summed E-state index contributed by atoms with van der Waals surface area (Å²) in [6, 6.07) is 138. The van der Waals surface area contributed by atoms with E-state index in [1.54, 1.807) is 6.07 Å². The molecule has 0 saturated heterocycles. The first-order valence-corrected chi connectivity index (χ1v) is 41.8. The average molecular weight is 1660 g/mol. The highest BCUT2D eigenvalue weighted by atomic mass is 79.9. The Morgan fingerprint density at radius 2 is 0.533 bits per heavy atom. The normalized spacial score (nSPS) is 11.9. The lowest BCUT2D eigenvalue weighted by atomic mass is 9.75. The van der Waals surface area contributed by atoms with Crippen molar-refractivity contribution in [2.45, 2.75) is 7.43 Å². The van der Waals surface area contributed by atoms with E-state index in [4.69, 9.17) is 9.97 Å². The number of fused-ring (bicyclic) bond motifs is 14. The van der Waals surface area contributed by atoms with Gasteiger partial charge in [-0.05, 0) is 228 Å². The first-order valence-electron chi connectivity index (χ1n) is 40.3. The van der Waals surface area contributed by atoms with Gasteiger partial charge in [-0.15, -0.1) is 0 Å². The standard InChI is InChI=1S/C63H36N2.C31H18Br2N2.C16H11BO2.CH4/c1-2-15-46(16-3-1)65-62-56-36-45(49-30-24-43-22-20-39-12-7-14-41-26-34-53(49)60(43)58(39)41)28-32-51(56)50-31-27-44(35-55(50)61(62)64-63(65)54-18-8-10-37-9-4-5-17-47(37)54)48-29-23-42-21-19-38-11-6-13-40-25-33-52(48)59(42)57(38)40;32-20-13-15-24-25-16-14-21(33)18-28(25)30-29(27(24)17-20)34-31(35(30)22-9-2-1-3-10-22)26-12-6-8-19-7-4-5-11-23(19)26;18-17(19)14-9-7-12-5-4-10-2-1-3-11-6-8-13(14)16(12)15(10)11;/h1-36H;1-18H;1-9,18-19H;1H4. The third kappa shape index (κ3) is 11.1. The first-order chi connectivity index (χ1) is 58.7. The van der Waals surface area contributed by atoms with Gasteiger partial charge in [0.05, 0.1) is 22.1 Å². The fourth-order valence-corrected chi connectivity index (χ4v) is 20.4. The van der Waals surface area contributed by atoms with Crippen LogP contribution in [-0.4, -0.2) is 36.3 Å². The summed E-state index contributed by atoms with van der Waals surface area (Å²) in [6.45, 7) is 0. The predicted octanol–water partition coefficient (Wildman–Crippen LogP) is 29.9. The molecule has 0 aliphatic rings. The number of rotatable bonds is 7. The second-order valence-electron chi connectivity index (χ2n) is 31.4. The lowest BCUT2D eigenvalue weighted by molar-refractivity contribution is 0.426. The van der Waals surface area contributed by atoms with Gasteiger partial charge in [0, 0.05) is 53.0 Å². The lowest BCUT2D eigenvalue weighted by Crippen LogP contribution is -2.30. The van der Waals surface area contributed by atoms with Crippen LogP contribution in [-0.2, 0) is 0 Å². The molecule has 0 bridgehead atoms. The molecule has 6 nitrogen and oxygen atoms in total. The van der Waals surface area contributed by atoms with Crippen LogP contribution in [0.25, 0.3) is 240 Å². The largest absolute Gasteiger partial charge is 0.489 e. The van der Waals surface area contributed by atoms with E-state index in [1.807, 2.05) is 24.3 Å². The molecule has 0 spiro atoms. The Labute approximate surface area is 706 Å². The summed E-state index contributed by atoms with van der Waals surface area (Å²) in [4.78, 5) is 11.2. The minimum absolute atomic E-state index is 0. The molecule has 0 fully saturated rings. The Balaban J connectivity index is 0.000000126. The van der Waals surface area contributed by atoms with Gasteiger partial charge >= 0.3 is 7.12 Å². The number of hydrogen-bond acceptors (Lipinski definition) is 4. The van der Waals surface area contributed by atoms with Crippen molar-refractivity contribution >= 4 is 228 Å². The van der Waals surface area contributed by atoms with Gasteiger partial charge in [-0.3, -0.25) is 9.13 Å². The number of halogens is 2. The number of benzene rings is 24. The molecule has 24 aromatic carbocycles. The molecule has 0 aliphatic carbocycles. The Bertz CT molecular complexity index is 8640. The zero-order chi connectivity index (χ0) is 78.8. The van der Waals surface area contributed by atoms with E-state index < -0.39 is 7.12 Å². The van der Waals surface area contributed by atoms with Crippen molar-refractivity contribution in [3.63, 3.8) is 0 Å². The zero-order valence-corrected chi connectivity index (χ0v) is 67.1. The van der Waals surface area contributed by atoms with Crippen molar-refractivity contribution in [1.82, 2.24) is 19.1 Å². The van der Waals surface area contributed by atoms with E-state index in [2.05, 4.69) is 393 Å². The van der Waals surface area contributed by atoms with Gasteiger partial charge in [0.1, 0.15) is 11.6 Å². The Morgan fingerprint density at radius 3 is 0.983 bits per heavy atom. The molecule has 2 aromatic heterocycles. The lowest BCUT2D eigenvalue weighted by Gasteiger charge is -2.17. The molecule has 2 heterocycles. The fraction of sp³-hybridized carbons (Fsp3) is 0.00901. The van der Waals surface area contributed by atoms with Crippen LogP contribution in [0, 0.1) is 0 Å². The minimum Gasteiger partial charge on any atom is -0.423 e. The van der Waals surface area contributed by atoms with Crippen LogP contribution < -0.4 is 5.46 Å². The van der Waals surface area contributed by atoms with E-state index in [1.165, 1.54) is 157 Å². The van der Waals surface area contributed by atoms with Crippen LogP contribution in [0.15, 0.2) is 391 Å². The molecule has 26 rings (SSSR count). The number of aromatic nitrogens is 4. The maximum absolute atomic E-state index is 9.51. The fourth-order valence-electron chi connectivity index (χ4n) is 19.7. The maximum atomic E-state index is 9.51. The van der Waals surface area contributed by atoms with E-state index in [-0.39, 0.29) is 7.43 Å². The molecule has 26 aromatic rings. The summed E-state index contributed by atoms with van der Waals surface area (Å²) in [5.74, 6) is 1.87. The summed E-state index contributed by atoms with van der Waals surface area (Å²) in [5, 5.41) is 55.4. The van der Waals surface area contributed by atoms with Crippen LogP contribution in [0.4, 0.5) is 0 Å². The summed E-state index contributed by atoms with van der Waals surface area (Å²) in [5.41, 5.74) is 14.0. The Morgan fingerprint density at radius 1 is 0.225 bits per heavy atom. The van der Waals surface area contributed by atoms with Crippen LogP contribution in [0.2, 0.25) is 0 Å². The van der Waals surface area contributed by atoms with Crippen molar-refractivity contribution in [1.29, 1.82) is 0 Å². The van der Waals surface area contributed by atoms with Gasteiger partial charge in [0.15, 0.2) is 0 Å². The highest BCUT2D eigenvalue weighted by Crippen LogP contribution is 2.49. The van der Waals surface area contributed by atoms with E-state index in [9.17, 15) is 10.0 Å². The molecule has 0 aliphatic heterocycles. The molecule has 0 unspecified atom stereocenters. The van der Waals surface area contributed by atoms with E-state index in [0.717, 1.165) is 92.1 Å². The molecule has 0 radical (unpaired) electrons. The third-order valence-electron chi connectivity index (χ3n) is 25.0. The van der Waals surface area contributed by atoms with Crippen molar-refractivity contribution < 1.29 is 10.0 Å². The van der Waals surface area contributed by atoms with Gasteiger partial charge in [-0.25, -0.2) is 9.97 Å². The van der Waals surface area contributed by atoms with Crippen molar-refractivity contribution in [2.24, 2.45) is 0 Å². The second-order valence-corrected chi connectivity index (χ2v) is 33.2. The molecule has 0 saturated carbocycles. The molecule has 0 amide bonds.